The third-order valence-electron chi connectivity index (χ3n) is 5.14. The molecule has 3 rings (SSSR count). The van der Waals surface area contributed by atoms with Crippen LogP contribution in [0.2, 0.25) is 5.02 Å². The predicted octanol–water partition coefficient (Wildman–Crippen LogP) is 4.12. The highest BCUT2D eigenvalue weighted by Gasteiger charge is 2.45. The summed E-state index contributed by atoms with van der Waals surface area (Å²) in [7, 11) is 3.14. The van der Waals surface area contributed by atoms with E-state index in [1.165, 1.54) is 4.90 Å². The molecule has 1 N–H and O–H groups in total. The van der Waals surface area contributed by atoms with Crippen molar-refractivity contribution in [3.05, 3.63) is 69.8 Å². The molecule has 1 heterocycles. The van der Waals surface area contributed by atoms with Gasteiger partial charge in [0, 0.05) is 30.8 Å². The second kappa shape index (κ2) is 9.32. The van der Waals surface area contributed by atoms with Gasteiger partial charge in [0.05, 0.1) is 18.7 Å². The molecule has 7 heteroatoms. The quantitative estimate of drug-likeness (QED) is 0.310. The van der Waals surface area contributed by atoms with E-state index >= 15 is 0 Å². The standard InChI is InChI=1S/C23H24ClNO5/c1-14-13-16(7-10-18(14)30-3)21(26)19-20(15-5-8-17(24)9-6-15)25(11-4-12-29-2)23(28)22(19)27/h5-10,13,20,26H,4,11-12H2,1-3H3/b21-19+/t20-/m0/s1. The summed E-state index contributed by atoms with van der Waals surface area (Å²) in [5, 5.41) is 11.6. The smallest absolute Gasteiger partial charge is 0.295 e. The molecule has 1 aliphatic rings. The number of likely N-dealkylation sites (tertiary alicyclic amines) is 1. The van der Waals surface area contributed by atoms with Crippen molar-refractivity contribution in [2.45, 2.75) is 19.4 Å². The van der Waals surface area contributed by atoms with E-state index in [9.17, 15) is 14.7 Å². The SMILES string of the molecule is COCCCN1C(=O)C(=O)/C(=C(/O)c2ccc(OC)c(C)c2)[C@@H]1c1ccc(Cl)cc1. The van der Waals surface area contributed by atoms with Crippen LogP contribution in [0.15, 0.2) is 48.0 Å². The first-order chi connectivity index (χ1) is 14.4. The van der Waals surface area contributed by atoms with E-state index in [0.717, 1.165) is 5.56 Å². The molecule has 0 unspecified atom stereocenters. The molecular weight excluding hydrogens is 406 g/mol. The Morgan fingerprint density at radius 1 is 1.13 bits per heavy atom. The average molecular weight is 430 g/mol. The highest BCUT2D eigenvalue weighted by Crippen LogP contribution is 2.40. The molecule has 2 aromatic carbocycles. The van der Waals surface area contributed by atoms with Crippen molar-refractivity contribution < 1.29 is 24.2 Å². The van der Waals surface area contributed by atoms with Crippen molar-refractivity contribution >= 4 is 29.1 Å². The fraction of sp³-hybridized carbons (Fsp3) is 0.304. The van der Waals surface area contributed by atoms with Crippen molar-refractivity contribution in [3.63, 3.8) is 0 Å². The van der Waals surface area contributed by atoms with Gasteiger partial charge < -0.3 is 19.5 Å². The van der Waals surface area contributed by atoms with Gasteiger partial charge in [0.15, 0.2) is 0 Å². The fourth-order valence-corrected chi connectivity index (χ4v) is 3.79. The zero-order valence-electron chi connectivity index (χ0n) is 17.1. The Labute approximate surface area is 180 Å². The summed E-state index contributed by atoms with van der Waals surface area (Å²) in [5.74, 6) is -0.898. The number of ether oxygens (including phenoxy) is 2. The summed E-state index contributed by atoms with van der Waals surface area (Å²) in [6, 6.07) is 11.3. The van der Waals surface area contributed by atoms with E-state index in [-0.39, 0.29) is 11.3 Å². The number of aliphatic hydroxyl groups excluding tert-OH is 1. The molecule has 1 fully saturated rings. The Balaban J connectivity index is 2.12. The van der Waals surface area contributed by atoms with Gasteiger partial charge >= 0.3 is 0 Å². The maximum Gasteiger partial charge on any atom is 0.295 e. The highest BCUT2D eigenvalue weighted by molar-refractivity contribution is 6.46. The van der Waals surface area contributed by atoms with Crippen molar-refractivity contribution in [1.82, 2.24) is 4.90 Å². The zero-order chi connectivity index (χ0) is 21.8. The van der Waals surface area contributed by atoms with E-state index in [1.807, 2.05) is 6.92 Å². The van der Waals surface area contributed by atoms with Crippen molar-refractivity contribution in [2.75, 3.05) is 27.4 Å². The van der Waals surface area contributed by atoms with Crippen LogP contribution in [-0.2, 0) is 14.3 Å². The molecule has 0 bridgehead atoms. The Hall–Kier alpha value is -2.83. The lowest BCUT2D eigenvalue weighted by atomic mass is 9.94. The van der Waals surface area contributed by atoms with Gasteiger partial charge in [0.1, 0.15) is 11.5 Å². The highest BCUT2D eigenvalue weighted by atomic mass is 35.5. The molecular formula is C23H24ClNO5. The van der Waals surface area contributed by atoms with Crippen LogP contribution in [0.3, 0.4) is 0 Å². The van der Waals surface area contributed by atoms with E-state index in [0.29, 0.717) is 41.5 Å². The van der Waals surface area contributed by atoms with Crippen LogP contribution in [0.25, 0.3) is 5.76 Å². The van der Waals surface area contributed by atoms with Crippen molar-refractivity contribution in [1.29, 1.82) is 0 Å². The second-order valence-electron chi connectivity index (χ2n) is 7.07. The number of aryl methyl sites for hydroxylation is 1. The number of benzene rings is 2. The van der Waals surface area contributed by atoms with Crippen molar-refractivity contribution in [2.24, 2.45) is 0 Å². The molecule has 0 aromatic heterocycles. The molecule has 158 valence electrons. The molecule has 1 aliphatic heterocycles. The molecule has 0 spiro atoms. The number of aliphatic hydroxyl groups is 1. The summed E-state index contributed by atoms with van der Waals surface area (Å²) >= 11 is 6.02. The summed E-state index contributed by atoms with van der Waals surface area (Å²) in [6.45, 7) is 2.62. The Morgan fingerprint density at radius 2 is 1.83 bits per heavy atom. The van der Waals surface area contributed by atoms with Gasteiger partial charge in [-0.05, 0) is 54.8 Å². The number of halogens is 1. The van der Waals surface area contributed by atoms with Crippen LogP contribution in [0, 0.1) is 6.92 Å². The molecule has 6 nitrogen and oxygen atoms in total. The normalized spacial score (nSPS) is 18.1. The average Bonchev–Trinajstić information content (AvgIpc) is 2.99. The molecule has 1 atom stereocenters. The Bertz CT molecular complexity index is 984. The van der Waals surface area contributed by atoms with E-state index in [4.69, 9.17) is 21.1 Å². The number of methoxy groups -OCH3 is 2. The zero-order valence-corrected chi connectivity index (χ0v) is 17.9. The summed E-state index contributed by atoms with van der Waals surface area (Å²) in [6.07, 6.45) is 0.565. The van der Waals surface area contributed by atoms with Crippen molar-refractivity contribution in [3.8, 4) is 5.75 Å². The van der Waals surface area contributed by atoms with Gasteiger partial charge in [-0.25, -0.2) is 0 Å². The summed E-state index contributed by atoms with van der Waals surface area (Å²) < 4.78 is 10.4. The number of carbonyl (C=O) groups is 2. The largest absolute Gasteiger partial charge is 0.507 e. The molecule has 30 heavy (non-hydrogen) atoms. The molecule has 0 aliphatic carbocycles. The van der Waals surface area contributed by atoms with Crippen LogP contribution in [-0.4, -0.2) is 49.1 Å². The van der Waals surface area contributed by atoms with Crippen LogP contribution in [0.4, 0.5) is 0 Å². The first-order valence-corrected chi connectivity index (χ1v) is 9.94. The van der Waals surface area contributed by atoms with Gasteiger partial charge in [-0.3, -0.25) is 9.59 Å². The molecule has 1 saturated heterocycles. The van der Waals surface area contributed by atoms with Gasteiger partial charge in [-0.1, -0.05) is 23.7 Å². The number of ketones is 1. The maximum absolute atomic E-state index is 12.9. The second-order valence-corrected chi connectivity index (χ2v) is 7.51. The van der Waals surface area contributed by atoms with E-state index in [2.05, 4.69) is 0 Å². The molecule has 0 saturated carbocycles. The van der Waals surface area contributed by atoms with Gasteiger partial charge in [0.2, 0.25) is 0 Å². The molecule has 2 aromatic rings. The minimum Gasteiger partial charge on any atom is -0.507 e. The summed E-state index contributed by atoms with van der Waals surface area (Å²) in [4.78, 5) is 27.2. The monoisotopic (exact) mass is 429 g/mol. The first kappa shape index (κ1) is 21.9. The predicted molar refractivity (Wildman–Crippen MR) is 115 cm³/mol. The van der Waals surface area contributed by atoms with Crippen LogP contribution in [0.1, 0.15) is 29.2 Å². The Kier molecular flexibility index (Phi) is 6.80. The molecule has 0 radical (unpaired) electrons. The minimum absolute atomic E-state index is 0.0595. The number of hydrogen-bond acceptors (Lipinski definition) is 5. The fourth-order valence-electron chi connectivity index (χ4n) is 3.66. The van der Waals surface area contributed by atoms with E-state index < -0.39 is 17.7 Å². The van der Waals surface area contributed by atoms with Crippen LogP contribution >= 0.6 is 11.6 Å². The lowest BCUT2D eigenvalue weighted by Gasteiger charge is -2.25. The lowest BCUT2D eigenvalue weighted by molar-refractivity contribution is -0.140. The van der Waals surface area contributed by atoms with Gasteiger partial charge in [-0.15, -0.1) is 0 Å². The first-order valence-electron chi connectivity index (χ1n) is 9.56. The Morgan fingerprint density at radius 3 is 2.43 bits per heavy atom. The van der Waals surface area contributed by atoms with Gasteiger partial charge in [0.25, 0.3) is 11.7 Å². The van der Waals surface area contributed by atoms with E-state index in [1.54, 1.807) is 56.7 Å². The van der Waals surface area contributed by atoms with Crippen LogP contribution in [0.5, 0.6) is 5.75 Å². The topological polar surface area (TPSA) is 76.1 Å². The number of Topliss-reactive ketones (excluding diaryl/α,β-unsaturated/α-hetero) is 1. The minimum atomic E-state index is -0.710. The summed E-state index contributed by atoms with van der Waals surface area (Å²) in [5.41, 5.74) is 2.01. The number of amides is 1. The van der Waals surface area contributed by atoms with Crippen LogP contribution < -0.4 is 4.74 Å². The number of nitrogens with zero attached hydrogens (tertiary/aromatic N) is 1. The number of hydrogen-bond donors (Lipinski definition) is 1. The molecule has 1 amide bonds. The van der Waals surface area contributed by atoms with Gasteiger partial charge in [-0.2, -0.15) is 0 Å². The maximum atomic E-state index is 12.9. The number of carbonyl (C=O) groups excluding carboxylic acids is 2. The number of rotatable bonds is 7. The lowest BCUT2D eigenvalue weighted by Crippen LogP contribution is -2.31. The third-order valence-corrected chi connectivity index (χ3v) is 5.39. The third kappa shape index (κ3) is 4.20.